The van der Waals surface area contributed by atoms with Gasteiger partial charge in [-0.1, -0.05) is 12.1 Å². The van der Waals surface area contributed by atoms with Gasteiger partial charge in [0.05, 0.1) is 17.3 Å². The van der Waals surface area contributed by atoms with E-state index in [0.717, 1.165) is 11.1 Å². The highest BCUT2D eigenvalue weighted by atomic mass is 32.1. The number of halogens is 1. The number of amides is 1. The Bertz CT molecular complexity index is 972. The Balaban J connectivity index is 1.78. The van der Waals surface area contributed by atoms with Crippen molar-refractivity contribution < 1.29 is 9.18 Å². The number of nitrogens with zero attached hydrogens (tertiary/aromatic N) is 3. The molecule has 0 bridgehead atoms. The molecular formula is C20H16FN3OS. The second kappa shape index (κ2) is 7.46. The molecule has 0 saturated heterocycles. The molecule has 1 heterocycles. The normalized spacial score (nSPS) is 10.4. The number of carbonyl (C=O) groups excluding carboxylic acids is 1. The second-order valence-electron chi connectivity index (χ2n) is 5.91. The fourth-order valence-corrected chi connectivity index (χ4v) is 3.58. The quantitative estimate of drug-likeness (QED) is 0.688. The Morgan fingerprint density at radius 1 is 1.19 bits per heavy atom. The van der Waals surface area contributed by atoms with E-state index < -0.39 is 0 Å². The first kappa shape index (κ1) is 17.8. The Labute approximate surface area is 155 Å². The third-order valence-corrected chi connectivity index (χ3v) is 5.13. The van der Waals surface area contributed by atoms with Crippen LogP contribution in [0.5, 0.6) is 0 Å². The summed E-state index contributed by atoms with van der Waals surface area (Å²) >= 11 is 1.30. The van der Waals surface area contributed by atoms with Crippen molar-refractivity contribution in [2.75, 3.05) is 7.05 Å². The van der Waals surface area contributed by atoms with Gasteiger partial charge in [-0.25, -0.2) is 9.37 Å². The van der Waals surface area contributed by atoms with Crippen LogP contribution in [0.25, 0.3) is 10.6 Å². The molecule has 4 nitrogen and oxygen atoms in total. The van der Waals surface area contributed by atoms with Gasteiger partial charge in [-0.3, -0.25) is 4.79 Å². The fraction of sp³-hybridized carbons (Fsp3) is 0.150. The molecule has 1 aromatic heterocycles. The van der Waals surface area contributed by atoms with Crippen LogP contribution >= 0.6 is 11.3 Å². The van der Waals surface area contributed by atoms with Gasteiger partial charge in [0.25, 0.3) is 5.91 Å². The molecule has 6 heteroatoms. The third-order valence-electron chi connectivity index (χ3n) is 3.93. The van der Waals surface area contributed by atoms with E-state index in [9.17, 15) is 9.18 Å². The third kappa shape index (κ3) is 3.79. The molecule has 1 amide bonds. The maximum Gasteiger partial charge on any atom is 0.265 e. The van der Waals surface area contributed by atoms with Crippen LogP contribution in [0.2, 0.25) is 0 Å². The predicted octanol–water partition coefficient (Wildman–Crippen LogP) is 4.40. The van der Waals surface area contributed by atoms with E-state index in [1.54, 1.807) is 43.1 Å². The Morgan fingerprint density at radius 3 is 2.46 bits per heavy atom. The second-order valence-corrected chi connectivity index (χ2v) is 6.91. The highest BCUT2D eigenvalue weighted by Crippen LogP contribution is 2.29. The maximum absolute atomic E-state index is 13.1. The highest BCUT2D eigenvalue weighted by molar-refractivity contribution is 7.17. The lowest BCUT2D eigenvalue weighted by molar-refractivity contribution is 0.0789. The van der Waals surface area contributed by atoms with Gasteiger partial charge in [-0.05, 0) is 48.9 Å². The first-order chi connectivity index (χ1) is 12.5. The molecule has 0 spiro atoms. The van der Waals surface area contributed by atoms with Gasteiger partial charge in [0.2, 0.25) is 0 Å². The zero-order chi connectivity index (χ0) is 18.7. The van der Waals surface area contributed by atoms with Gasteiger partial charge in [-0.15, -0.1) is 11.3 Å². The largest absolute Gasteiger partial charge is 0.337 e. The number of carbonyl (C=O) groups is 1. The lowest BCUT2D eigenvalue weighted by Crippen LogP contribution is -2.26. The zero-order valence-electron chi connectivity index (χ0n) is 14.4. The minimum Gasteiger partial charge on any atom is -0.337 e. The standard InChI is InChI=1S/C20H16FN3OS/c1-13-18(26-19(23-13)16-7-9-17(21)10-8-16)20(25)24(2)12-15-5-3-14(11-22)4-6-15/h3-10H,12H2,1-2H3. The van der Waals surface area contributed by atoms with Crippen molar-refractivity contribution in [2.24, 2.45) is 0 Å². The number of aryl methyl sites for hydroxylation is 1. The Kier molecular flexibility index (Phi) is 5.10. The number of rotatable bonds is 4. The van der Waals surface area contributed by atoms with Crippen LogP contribution in [0.15, 0.2) is 48.5 Å². The summed E-state index contributed by atoms with van der Waals surface area (Å²) in [6.07, 6.45) is 0. The Hall–Kier alpha value is -3.04. The van der Waals surface area contributed by atoms with Crippen LogP contribution in [0.3, 0.4) is 0 Å². The van der Waals surface area contributed by atoms with Crippen molar-refractivity contribution in [1.82, 2.24) is 9.88 Å². The summed E-state index contributed by atoms with van der Waals surface area (Å²) in [6.45, 7) is 2.24. The topological polar surface area (TPSA) is 57.0 Å². The van der Waals surface area contributed by atoms with E-state index in [1.807, 2.05) is 12.1 Å². The molecule has 2 aromatic carbocycles. The van der Waals surface area contributed by atoms with Crippen molar-refractivity contribution in [3.05, 3.63) is 76.0 Å². The van der Waals surface area contributed by atoms with Gasteiger partial charge in [0, 0.05) is 19.2 Å². The summed E-state index contributed by atoms with van der Waals surface area (Å²) in [5, 5.41) is 9.54. The van der Waals surface area contributed by atoms with Gasteiger partial charge < -0.3 is 4.90 Å². The van der Waals surface area contributed by atoms with Crippen LogP contribution in [0, 0.1) is 24.1 Å². The molecule has 0 aliphatic carbocycles. The van der Waals surface area contributed by atoms with E-state index in [0.29, 0.717) is 27.7 Å². The molecule has 0 saturated carbocycles. The van der Waals surface area contributed by atoms with Gasteiger partial charge in [-0.2, -0.15) is 5.26 Å². The molecule has 26 heavy (non-hydrogen) atoms. The van der Waals surface area contributed by atoms with Crippen LogP contribution in [-0.2, 0) is 6.54 Å². The molecule has 0 fully saturated rings. The SMILES string of the molecule is Cc1nc(-c2ccc(F)cc2)sc1C(=O)N(C)Cc1ccc(C#N)cc1. The van der Waals surface area contributed by atoms with E-state index in [2.05, 4.69) is 11.1 Å². The molecule has 0 N–H and O–H groups in total. The van der Waals surface area contributed by atoms with E-state index in [4.69, 9.17) is 5.26 Å². The molecule has 130 valence electrons. The lowest BCUT2D eigenvalue weighted by atomic mass is 10.1. The average Bonchev–Trinajstić information content (AvgIpc) is 3.04. The molecule has 0 aliphatic rings. The first-order valence-electron chi connectivity index (χ1n) is 7.96. The van der Waals surface area contributed by atoms with E-state index >= 15 is 0 Å². The highest BCUT2D eigenvalue weighted by Gasteiger charge is 2.20. The van der Waals surface area contributed by atoms with Crippen molar-refractivity contribution in [1.29, 1.82) is 5.26 Å². The van der Waals surface area contributed by atoms with Crippen molar-refractivity contribution in [2.45, 2.75) is 13.5 Å². The smallest absolute Gasteiger partial charge is 0.265 e. The van der Waals surface area contributed by atoms with Crippen LogP contribution in [-0.4, -0.2) is 22.8 Å². The summed E-state index contributed by atoms with van der Waals surface area (Å²) in [5.41, 5.74) is 2.98. The fourth-order valence-electron chi connectivity index (χ4n) is 2.51. The number of thiazole rings is 1. The summed E-state index contributed by atoms with van der Waals surface area (Å²) in [6, 6.07) is 15.3. The van der Waals surface area contributed by atoms with Gasteiger partial charge >= 0.3 is 0 Å². The van der Waals surface area contributed by atoms with Crippen LogP contribution < -0.4 is 0 Å². The summed E-state index contributed by atoms with van der Waals surface area (Å²) in [4.78, 5) is 19.4. The average molecular weight is 365 g/mol. The van der Waals surface area contributed by atoms with Crippen LogP contribution in [0.1, 0.15) is 26.5 Å². The number of benzene rings is 2. The van der Waals surface area contributed by atoms with E-state index in [-0.39, 0.29) is 11.7 Å². The zero-order valence-corrected chi connectivity index (χ0v) is 15.2. The predicted molar refractivity (Wildman–Crippen MR) is 99.2 cm³/mol. The van der Waals surface area contributed by atoms with Gasteiger partial charge in [0.15, 0.2) is 0 Å². The number of hydrogen-bond acceptors (Lipinski definition) is 4. The number of aromatic nitrogens is 1. The van der Waals surface area contributed by atoms with Crippen molar-refractivity contribution >= 4 is 17.2 Å². The molecular weight excluding hydrogens is 349 g/mol. The number of hydrogen-bond donors (Lipinski definition) is 0. The summed E-state index contributed by atoms with van der Waals surface area (Å²) in [5.74, 6) is -0.418. The minimum atomic E-state index is -0.305. The van der Waals surface area contributed by atoms with E-state index in [1.165, 1.54) is 23.5 Å². The monoisotopic (exact) mass is 365 g/mol. The molecule has 3 rings (SSSR count). The molecule has 0 radical (unpaired) electrons. The van der Waals surface area contributed by atoms with Gasteiger partial charge in [0.1, 0.15) is 15.7 Å². The van der Waals surface area contributed by atoms with Crippen molar-refractivity contribution in [3.8, 4) is 16.6 Å². The van der Waals surface area contributed by atoms with Crippen LogP contribution in [0.4, 0.5) is 4.39 Å². The molecule has 0 aliphatic heterocycles. The molecule has 0 atom stereocenters. The Morgan fingerprint density at radius 2 is 1.85 bits per heavy atom. The lowest BCUT2D eigenvalue weighted by Gasteiger charge is -2.16. The minimum absolute atomic E-state index is 0.113. The van der Waals surface area contributed by atoms with Crippen molar-refractivity contribution in [3.63, 3.8) is 0 Å². The summed E-state index contributed by atoms with van der Waals surface area (Å²) in [7, 11) is 1.73. The molecule has 0 unspecified atom stereocenters. The maximum atomic E-state index is 13.1. The molecule has 3 aromatic rings. The first-order valence-corrected chi connectivity index (χ1v) is 8.77. The number of nitriles is 1. The summed E-state index contributed by atoms with van der Waals surface area (Å²) < 4.78 is 13.1.